The summed E-state index contributed by atoms with van der Waals surface area (Å²) >= 11 is 0. The van der Waals surface area contributed by atoms with Crippen LogP contribution >= 0.6 is 0 Å². The fourth-order valence-corrected chi connectivity index (χ4v) is 5.19. The van der Waals surface area contributed by atoms with E-state index in [0.717, 1.165) is 12.2 Å². The summed E-state index contributed by atoms with van der Waals surface area (Å²) in [6, 6.07) is 8.76. The van der Waals surface area contributed by atoms with Crippen molar-refractivity contribution in [3.63, 3.8) is 0 Å². The fraction of sp³-hybridized carbons (Fsp3) is 0.609. The Hall–Kier alpha value is -1.65. The lowest BCUT2D eigenvalue weighted by Crippen LogP contribution is -2.47. The van der Waals surface area contributed by atoms with E-state index < -0.39 is 0 Å². The Morgan fingerprint density at radius 2 is 1.96 bits per heavy atom. The molecule has 4 heteroatoms. The maximum Gasteiger partial charge on any atom is 0.0645 e. The maximum atomic E-state index is 5.85. The fourth-order valence-electron chi connectivity index (χ4n) is 5.19. The molecule has 4 nitrogen and oxygen atoms in total. The van der Waals surface area contributed by atoms with E-state index >= 15 is 0 Å². The van der Waals surface area contributed by atoms with Crippen molar-refractivity contribution in [3.05, 3.63) is 47.8 Å². The smallest absolute Gasteiger partial charge is 0.0645 e. The number of hydrogen-bond acceptors (Lipinski definition) is 3. The SMILES string of the molecule is CO[C@@H]1CCC[C@]12CCCN(Cc1cnn(-c3ccc(C(C)C)cc3)c1)C2. The van der Waals surface area contributed by atoms with Crippen LogP contribution in [-0.4, -0.2) is 41.0 Å². The van der Waals surface area contributed by atoms with Crippen LogP contribution in [0.25, 0.3) is 5.69 Å². The lowest BCUT2D eigenvalue weighted by atomic mass is 9.76. The molecule has 0 amide bonds. The Bertz CT molecular complexity index is 751. The minimum atomic E-state index is 0.385. The number of benzene rings is 1. The molecule has 1 aliphatic carbocycles. The minimum Gasteiger partial charge on any atom is -0.381 e. The van der Waals surface area contributed by atoms with Crippen molar-refractivity contribution in [2.45, 2.75) is 64.5 Å². The quantitative estimate of drug-likeness (QED) is 0.762. The van der Waals surface area contributed by atoms with Gasteiger partial charge in [-0.05, 0) is 55.8 Å². The second-order valence-electron chi connectivity index (χ2n) is 8.83. The molecule has 2 fully saturated rings. The van der Waals surface area contributed by atoms with Crippen LogP contribution in [0, 0.1) is 5.41 Å². The van der Waals surface area contributed by atoms with Gasteiger partial charge >= 0.3 is 0 Å². The number of aromatic nitrogens is 2. The first kappa shape index (κ1) is 18.7. The first-order valence-corrected chi connectivity index (χ1v) is 10.5. The van der Waals surface area contributed by atoms with E-state index in [1.54, 1.807) is 0 Å². The van der Waals surface area contributed by atoms with Crippen molar-refractivity contribution < 1.29 is 4.74 Å². The summed E-state index contributed by atoms with van der Waals surface area (Å²) in [5, 5.41) is 4.61. The topological polar surface area (TPSA) is 30.3 Å². The molecular weight excluding hydrogens is 334 g/mol. The number of likely N-dealkylation sites (tertiary alicyclic amines) is 1. The molecule has 1 aromatic carbocycles. The molecule has 146 valence electrons. The molecule has 1 aliphatic heterocycles. The van der Waals surface area contributed by atoms with Crippen LogP contribution in [-0.2, 0) is 11.3 Å². The molecule has 1 aromatic heterocycles. The van der Waals surface area contributed by atoms with Crippen LogP contribution in [0.1, 0.15) is 63.0 Å². The molecule has 27 heavy (non-hydrogen) atoms. The Morgan fingerprint density at radius 3 is 2.70 bits per heavy atom. The second kappa shape index (κ2) is 7.76. The van der Waals surface area contributed by atoms with E-state index in [1.165, 1.54) is 56.3 Å². The highest BCUT2D eigenvalue weighted by Crippen LogP contribution is 2.46. The van der Waals surface area contributed by atoms with Gasteiger partial charge in [-0.15, -0.1) is 0 Å². The monoisotopic (exact) mass is 367 g/mol. The van der Waals surface area contributed by atoms with Gasteiger partial charge in [0.1, 0.15) is 0 Å². The van der Waals surface area contributed by atoms with Gasteiger partial charge in [-0.3, -0.25) is 4.90 Å². The summed E-state index contributed by atoms with van der Waals surface area (Å²) in [6.07, 6.45) is 11.1. The van der Waals surface area contributed by atoms with Gasteiger partial charge < -0.3 is 4.74 Å². The van der Waals surface area contributed by atoms with Crippen molar-refractivity contribution in [1.29, 1.82) is 0 Å². The number of hydrogen-bond donors (Lipinski definition) is 0. The molecule has 0 unspecified atom stereocenters. The Labute approximate surface area is 163 Å². The Balaban J connectivity index is 1.43. The first-order chi connectivity index (χ1) is 13.1. The highest BCUT2D eigenvalue weighted by atomic mass is 16.5. The molecule has 4 rings (SSSR count). The molecule has 2 heterocycles. The summed E-state index contributed by atoms with van der Waals surface area (Å²) in [6.45, 7) is 7.80. The Kier molecular flexibility index (Phi) is 5.38. The Morgan fingerprint density at radius 1 is 1.19 bits per heavy atom. The van der Waals surface area contributed by atoms with Gasteiger partial charge in [0, 0.05) is 37.4 Å². The molecule has 1 saturated heterocycles. The van der Waals surface area contributed by atoms with Crippen LogP contribution < -0.4 is 0 Å². The van der Waals surface area contributed by atoms with Crippen molar-refractivity contribution in [2.75, 3.05) is 20.2 Å². The van der Waals surface area contributed by atoms with E-state index in [2.05, 4.69) is 54.3 Å². The largest absolute Gasteiger partial charge is 0.381 e. The summed E-state index contributed by atoms with van der Waals surface area (Å²) in [4.78, 5) is 2.62. The van der Waals surface area contributed by atoms with E-state index in [9.17, 15) is 0 Å². The van der Waals surface area contributed by atoms with Crippen molar-refractivity contribution in [3.8, 4) is 5.69 Å². The molecule has 1 saturated carbocycles. The van der Waals surface area contributed by atoms with E-state index in [4.69, 9.17) is 4.74 Å². The molecule has 0 bridgehead atoms. The van der Waals surface area contributed by atoms with Crippen LogP contribution in [0.15, 0.2) is 36.7 Å². The minimum absolute atomic E-state index is 0.385. The summed E-state index contributed by atoms with van der Waals surface area (Å²) < 4.78 is 7.85. The van der Waals surface area contributed by atoms with Crippen molar-refractivity contribution in [1.82, 2.24) is 14.7 Å². The van der Waals surface area contributed by atoms with E-state index in [0.29, 0.717) is 17.4 Å². The molecule has 2 aliphatic rings. The zero-order valence-electron chi connectivity index (χ0n) is 17.0. The third-order valence-electron chi connectivity index (χ3n) is 6.66. The third kappa shape index (κ3) is 3.83. The second-order valence-corrected chi connectivity index (χ2v) is 8.83. The number of nitrogens with zero attached hydrogens (tertiary/aromatic N) is 3. The van der Waals surface area contributed by atoms with Gasteiger partial charge in [-0.2, -0.15) is 5.10 Å². The maximum absolute atomic E-state index is 5.85. The highest BCUT2D eigenvalue weighted by molar-refractivity contribution is 5.35. The lowest BCUT2D eigenvalue weighted by Gasteiger charge is -2.43. The zero-order chi connectivity index (χ0) is 18.9. The molecule has 2 aromatic rings. The van der Waals surface area contributed by atoms with E-state index in [1.807, 2.05) is 18.0 Å². The van der Waals surface area contributed by atoms with Gasteiger partial charge in [0.25, 0.3) is 0 Å². The van der Waals surface area contributed by atoms with Crippen LogP contribution in [0.2, 0.25) is 0 Å². The zero-order valence-corrected chi connectivity index (χ0v) is 17.0. The van der Waals surface area contributed by atoms with Gasteiger partial charge in [-0.1, -0.05) is 32.4 Å². The van der Waals surface area contributed by atoms with Gasteiger partial charge in [0.15, 0.2) is 0 Å². The average Bonchev–Trinajstić information content (AvgIpc) is 3.29. The van der Waals surface area contributed by atoms with Crippen molar-refractivity contribution in [2.24, 2.45) is 5.41 Å². The summed E-state index contributed by atoms with van der Waals surface area (Å²) in [7, 11) is 1.89. The predicted octanol–water partition coefficient (Wildman–Crippen LogP) is 4.78. The lowest BCUT2D eigenvalue weighted by molar-refractivity contribution is -0.0366. The standard InChI is InChI=1S/C23H33N3O/c1-18(2)20-7-9-21(10-8-20)26-16-19(14-24-26)15-25-13-5-12-23(17-25)11-4-6-22(23)27-3/h7-10,14,16,18,22H,4-6,11-13,15,17H2,1-3H3/t22-,23-/m1/s1. The van der Waals surface area contributed by atoms with Crippen molar-refractivity contribution >= 4 is 0 Å². The van der Waals surface area contributed by atoms with Crippen LogP contribution in [0.5, 0.6) is 0 Å². The molecule has 0 radical (unpaired) electrons. The molecular formula is C23H33N3O. The number of rotatable bonds is 5. The van der Waals surface area contributed by atoms with Crippen LogP contribution in [0.3, 0.4) is 0 Å². The van der Waals surface area contributed by atoms with Crippen LogP contribution in [0.4, 0.5) is 0 Å². The molecule has 0 N–H and O–H groups in total. The third-order valence-corrected chi connectivity index (χ3v) is 6.66. The predicted molar refractivity (Wildman–Crippen MR) is 109 cm³/mol. The molecule has 2 atom stereocenters. The summed E-state index contributed by atoms with van der Waals surface area (Å²) in [5.74, 6) is 0.560. The summed E-state index contributed by atoms with van der Waals surface area (Å²) in [5.41, 5.74) is 4.19. The molecule has 1 spiro atoms. The number of ether oxygens (including phenoxy) is 1. The van der Waals surface area contributed by atoms with Gasteiger partial charge in [-0.25, -0.2) is 4.68 Å². The van der Waals surface area contributed by atoms with Gasteiger partial charge in [0.05, 0.1) is 18.0 Å². The highest BCUT2D eigenvalue weighted by Gasteiger charge is 2.45. The number of piperidine rings is 1. The van der Waals surface area contributed by atoms with Gasteiger partial charge in [0.2, 0.25) is 0 Å². The number of methoxy groups -OCH3 is 1. The average molecular weight is 368 g/mol. The normalized spacial score (nSPS) is 26.3. The first-order valence-electron chi connectivity index (χ1n) is 10.5. The van der Waals surface area contributed by atoms with E-state index in [-0.39, 0.29) is 0 Å².